The average Bonchev–Trinajstić information content (AvgIpc) is 3.09. The van der Waals surface area contributed by atoms with Gasteiger partial charge in [-0.05, 0) is 32.0 Å². The first-order valence-corrected chi connectivity index (χ1v) is 8.98. The molecule has 2 amide bonds. The smallest absolute Gasteiger partial charge is 0.234 e. The molecule has 2 aliphatic rings. The Balaban J connectivity index is 1.45. The van der Waals surface area contributed by atoms with Crippen LogP contribution < -0.4 is 0 Å². The number of amides is 2. The zero-order valence-corrected chi connectivity index (χ0v) is 14.3. The van der Waals surface area contributed by atoms with E-state index in [-0.39, 0.29) is 23.7 Å². The van der Waals surface area contributed by atoms with Gasteiger partial charge in [-0.15, -0.1) is 11.3 Å². The summed E-state index contributed by atoms with van der Waals surface area (Å²) in [6, 6.07) is 8.04. The summed E-state index contributed by atoms with van der Waals surface area (Å²) in [5.41, 5.74) is 0.997. The number of nitrogens with zero attached hydrogens (tertiary/aromatic N) is 3. The molecule has 0 spiro atoms. The number of para-hydroxylation sites is 1. The van der Waals surface area contributed by atoms with Crippen molar-refractivity contribution in [2.45, 2.75) is 19.4 Å². The first-order chi connectivity index (χ1) is 11.6. The fourth-order valence-electron chi connectivity index (χ4n) is 3.52. The standard InChI is InChI=1S/C18H19N3O2S/c1-20(10-16-19-14-8-4-5-9-15(14)24-16)11-21-17(22)12-6-2-3-7-13(12)18(21)23/h2-5,8-9,12-13H,6-7,10-11H2,1H3/t12-,13-/m0/s1. The van der Waals surface area contributed by atoms with Crippen LogP contribution in [0.25, 0.3) is 10.2 Å². The first kappa shape index (κ1) is 15.5. The molecule has 1 aliphatic carbocycles. The molecule has 2 heterocycles. The number of aromatic nitrogens is 1. The molecule has 1 aliphatic heterocycles. The van der Waals surface area contributed by atoms with E-state index in [4.69, 9.17) is 0 Å². The fourth-order valence-corrected chi connectivity index (χ4v) is 4.57. The third kappa shape index (κ3) is 2.65. The molecule has 0 unspecified atom stereocenters. The molecule has 5 nitrogen and oxygen atoms in total. The number of imide groups is 1. The molecular formula is C18H19N3O2S. The summed E-state index contributed by atoms with van der Waals surface area (Å²) in [6.07, 6.45) is 5.40. The molecule has 2 aromatic rings. The van der Waals surface area contributed by atoms with Crippen LogP contribution in [-0.4, -0.2) is 40.3 Å². The highest BCUT2D eigenvalue weighted by Gasteiger charge is 2.47. The van der Waals surface area contributed by atoms with Crippen molar-refractivity contribution in [3.63, 3.8) is 0 Å². The van der Waals surface area contributed by atoms with Gasteiger partial charge in [0.15, 0.2) is 0 Å². The van der Waals surface area contributed by atoms with E-state index < -0.39 is 0 Å². The molecule has 1 aromatic carbocycles. The van der Waals surface area contributed by atoms with E-state index in [9.17, 15) is 9.59 Å². The highest BCUT2D eigenvalue weighted by molar-refractivity contribution is 7.18. The maximum atomic E-state index is 12.5. The second-order valence-electron chi connectivity index (χ2n) is 6.49. The summed E-state index contributed by atoms with van der Waals surface area (Å²) in [5.74, 6) is -0.354. The number of rotatable bonds is 4. The number of carbonyl (C=O) groups is 2. The zero-order chi connectivity index (χ0) is 16.7. The molecular weight excluding hydrogens is 322 g/mol. The first-order valence-electron chi connectivity index (χ1n) is 8.16. The Kier molecular flexibility index (Phi) is 3.94. The van der Waals surface area contributed by atoms with Crippen LogP contribution in [0.2, 0.25) is 0 Å². The average molecular weight is 341 g/mol. The van der Waals surface area contributed by atoms with Crippen molar-refractivity contribution in [3.8, 4) is 0 Å². The van der Waals surface area contributed by atoms with Gasteiger partial charge in [-0.1, -0.05) is 24.3 Å². The van der Waals surface area contributed by atoms with E-state index in [0.717, 1.165) is 15.2 Å². The van der Waals surface area contributed by atoms with Crippen LogP contribution in [0, 0.1) is 11.8 Å². The van der Waals surface area contributed by atoms with Gasteiger partial charge in [-0.3, -0.25) is 19.4 Å². The lowest BCUT2D eigenvalue weighted by atomic mass is 9.85. The molecule has 4 rings (SSSR count). The van der Waals surface area contributed by atoms with Crippen LogP contribution in [0.5, 0.6) is 0 Å². The molecule has 1 aromatic heterocycles. The maximum Gasteiger partial charge on any atom is 0.234 e. The fraction of sp³-hybridized carbons (Fsp3) is 0.389. The summed E-state index contributed by atoms with van der Waals surface area (Å²) in [7, 11) is 1.92. The van der Waals surface area contributed by atoms with E-state index >= 15 is 0 Å². The maximum absolute atomic E-state index is 12.5. The second-order valence-corrected chi connectivity index (χ2v) is 7.61. The topological polar surface area (TPSA) is 53.5 Å². The predicted molar refractivity (Wildman–Crippen MR) is 93.2 cm³/mol. The Labute approximate surface area is 144 Å². The van der Waals surface area contributed by atoms with Gasteiger partial charge in [0.05, 0.1) is 35.3 Å². The van der Waals surface area contributed by atoms with E-state index in [0.29, 0.717) is 26.1 Å². The minimum Gasteiger partial charge on any atom is -0.282 e. The molecule has 124 valence electrons. The lowest BCUT2D eigenvalue weighted by Crippen LogP contribution is -2.40. The van der Waals surface area contributed by atoms with Crippen LogP contribution >= 0.6 is 11.3 Å². The Bertz CT molecular complexity index is 770. The monoisotopic (exact) mass is 341 g/mol. The van der Waals surface area contributed by atoms with Gasteiger partial charge in [0.2, 0.25) is 11.8 Å². The van der Waals surface area contributed by atoms with Gasteiger partial charge in [0, 0.05) is 0 Å². The highest BCUT2D eigenvalue weighted by atomic mass is 32.1. The Morgan fingerprint density at radius 1 is 1.17 bits per heavy atom. The summed E-state index contributed by atoms with van der Waals surface area (Å²) in [4.78, 5) is 33.0. The molecule has 6 heteroatoms. The van der Waals surface area contributed by atoms with Crippen molar-refractivity contribution in [1.29, 1.82) is 0 Å². The van der Waals surface area contributed by atoms with Gasteiger partial charge in [0.1, 0.15) is 5.01 Å². The van der Waals surface area contributed by atoms with E-state index in [1.807, 2.05) is 42.3 Å². The Morgan fingerprint density at radius 3 is 2.50 bits per heavy atom. The number of fused-ring (bicyclic) bond motifs is 2. The van der Waals surface area contributed by atoms with Crippen LogP contribution in [0.3, 0.4) is 0 Å². The summed E-state index contributed by atoms with van der Waals surface area (Å²) in [6.45, 7) is 0.963. The van der Waals surface area contributed by atoms with Crippen molar-refractivity contribution in [2.75, 3.05) is 13.7 Å². The van der Waals surface area contributed by atoms with Crippen LogP contribution in [0.1, 0.15) is 17.8 Å². The largest absolute Gasteiger partial charge is 0.282 e. The minimum absolute atomic E-state index is 0.0227. The van der Waals surface area contributed by atoms with E-state index in [1.54, 1.807) is 11.3 Å². The van der Waals surface area contributed by atoms with Crippen molar-refractivity contribution in [2.24, 2.45) is 11.8 Å². The molecule has 2 atom stereocenters. The molecule has 0 saturated carbocycles. The van der Waals surface area contributed by atoms with E-state index in [2.05, 4.69) is 11.1 Å². The predicted octanol–water partition coefficient (Wildman–Crippen LogP) is 2.64. The molecule has 0 N–H and O–H groups in total. The Hall–Kier alpha value is -2.05. The highest BCUT2D eigenvalue weighted by Crippen LogP contribution is 2.35. The normalized spacial score (nSPS) is 23.5. The van der Waals surface area contributed by atoms with Crippen LogP contribution in [0.4, 0.5) is 0 Å². The number of benzene rings is 1. The number of carbonyl (C=O) groups excluding carboxylic acids is 2. The molecule has 24 heavy (non-hydrogen) atoms. The van der Waals surface area contributed by atoms with Crippen molar-refractivity contribution >= 4 is 33.4 Å². The zero-order valence-electron chi connectivity index (χ0n) is 13.5. The Morgan fingerprint density at radius 2 is 1.83 bits per heavy atom. The summed E-state index contributed by atoms with van der Waals surface area (Å²) in [5, 5.41) is 0.997. The number of likely N-dealkylation sites (tertiary alicyclic amines) is 1. The van der Waals surface area contributed by atoms with Gasteiger partial charge in [0.25, 0.3) is 0 Å². The number of thiazole rings is 1. The lowest BCUT2D eigenvalue weighted by Gasteiger charge is -2.22. The van der Waals surface area contributed by atoms with Gasteiger partial charge in [-0.2, -0.15) is 0 Å². The number of hydrogen-bond acceptors (Lipinski definition) is 5. The van der Waals surface area contributed by atoms with Crippen LogP contribution in [-0.2, 0) is 16.1 Å². The number of allylic oxidation sites excluding steroid dienone is 2. The molecule has 0 bridgehead atoms. The lowest BCUT2D eigenvalue weighted by molar-refractivity contribution is -0.142. The third-order valence-corrected chi connectivity index (χ3v) is 5.75. The molecule has 0 radical (unpaired) electrons. The molecule has 1 fully saturated rings. The van der Waals surface area contributed by atoms with Crippen molar-refractivity contribution in [1.82, 2.24) is 14.8 Å². The number of hydrogen-bond donors (Lipinski definition) is 0. The summed E-state index contributed by atoms with van der Waals surface area (Å²) < 4.78 is 1.16. The second kappa shape index (κ2) is 6.11. The quantitative estimate of drug-likeness (QED) is 0.634. The third-order valence-electron chi connectivity index (χ3n) is 4.73. The van der Waals surface area contributed by atoms with Gasteiger partial charge >= 0.3 is 0 Å². The van der Waals surface area contributed by atoms with Gasteiger partial charge < -0.3 is 0 Å². The molecule has 1 saturated heterocycles. The van der Waals surface area contributed by atoms with Crippen LogP contribution in [0.15, 0.2) is 36.4 Å². The van der Waals surface area contributed by atoms with E-state index in [1.165, 1.54) is 4.90 Å². The SMILES string of the molecule is CN(Cc1nc2ccccc2s1)CN1C(=O)[C@H]2CC=CC[C@@H]2C1=O. The minimum atomic E-state index is -0.154. The van der Waals surface area contributed by atoms with Crippen molar-refractivity contribution in [3.05, 3.63) is 41.4 Å². The van der Waals surface area contributed by atoms with Gasteiger partial charge in [-0.25, -0.2) is 4.98 Å². The van der Waals surface area contributed by atoms with Crippen molar-refractivity contribution < 1.29 is 9.59 Å². The summed E-state index contributed by atoms with van der Waals surface area (Å²) >= 11 is 1.65.